The molecular formula is C32H36Cl2N2O3. The summed E-state index contributed by atoms with van der Waals surface area (Å²) >= 11 is 13.1. The molecule has 39 heavy (non-hydrogen) atoms. The number of amides is 2. The summed E-state index contributed by atoms with van der Waals surface area (Å²) in [6, 6.07) is 20.2. The van der Waals surface area contributed by atoms with Crippen molar-refractivity contribution in [3.05, 3.63) is 99.0 Å². The molecule has 7 heteroatoms. The topological polar surface area (TPSA) is 58.6 Å². The summed E-state index contributed by atoms with van der Waals surface area (Å²) < 4.78 is 6.00. The summed E-state index contributed by atoms with van der Waals surface area (Å²) in [6.07, 6.45) is 5.63. The first kappa shape index (κ1) is 29.0. The van der Waals surface area contributed by atoms with E-state index in [4.69, 9.17) is 27.9 Å². The Balaban J connectivity index is 1.66. The van der Waals surface area contributed by atoms with E-state index < -0.39 is 6.04 Å². The molecule has 206 valence electrons. The minimum atomic E-state index is -0.767. The van der Waals surface area contributed by atoms with Crippen LogP contribution in [0.2, 0.25) is 10.0 Å². The minimum Gasteiger partial charge on any atom is -0.483 e. The highest BCUT2D eigenvalue weighted by atomic mass is 35.5. The number of rotatable bonds is 10. The van der Waals surface area contributed by atoms with E-state index in [0.29, 0.717) is 27.8 Å². The molecule has 1 N–H and O–H groups in total. The molecule has 2 amide bonds. The van der Waals surface area contributed by atoms with E-state index in [-0.39, 0.29) is 31.0 Å². The van der Waals surface area contributed by atoms with Crippen molar-refractivity contribution in [1.29, 1.82) is 0 Å². The van der Waals surface area contributed by atoms with Crippen LogP contribution in [0.5, 0.6) is 5.75 Å². The average Bonchev–Trinajstić information content (AvgIpc) is 2.93. The normalized spacial score (nSPS) is 14.5. The Hall–Kier alpha value is -3.02. The highest BCUT2D eigenvalue weighted by Crippen LogP contribution is 2.28. The Bertz CT molecular complexity index is 1260. The van der Waals surface area contributed by atoms with Crippen LogP contribution in [0.1, 0.15) is 54.4 Å². The van der Waals surface area contributed by atoms with Crippen LogP contribution in [0.4, 0.5) is 0 Å². The van der Waals surface area contributed by atoms with E-state index in [1.807, 2.05) is 62.4 Å². The van der Waals surface area contributed by atoms with Gasteiger partial charge in [-0.25, -0.2) is 0 Å². The largest absolute Gasteiger partial charge is 0.483 e. The Morgan fingerprint density at radius 2 is 1.64 bits per heavy atom. The van der Waals surface area contributed by atoms with Gasteiger partial charge in [0.15, 0.2) is 6.61 Å². The molecule has 0 unspecified atom stereocenters. The maximum Gasteiger partial charge on any atom is 0.261 e. The van der Waals surface area contributed by atoms with Crippen molar-refractivity contribution in [2.75, 3.05) is 6.61 Å². The van der Waals surface area contributed by atoms with Crippen molar-refractivity contribution >= 4 is 35.0 Å². The Kier molecular flexibility index (Phi) is 10.3. The lowest BCUT2D eigenvalue weighted by atomic mass is 9.94. The summed E-state index contributed by atoms with van der Waals surface area (Å²) in [4.78, 5) is 29.4. The van der Waals surface area contributed by atoms with Crippen molar-refractivity contribution in [1.82, 2.24) is 10.2 Å². The maximum absolute atomic E-state index is 13.9. The number of hydrogen-bond donors (Lipinski definition) is 1. The van der Waals surface area contributed by atoms with Gasteiger partial charge in [-0.2, -0.15) is 0 Å². The van der Waals surface area contributed by atoms with Gasteiger partial charge in [0.2, 0.25) is 5.91 Å². The van der Waals surface area contributed by atoms with Crippen LogP contribution in [-0.2, 0) is 22.6 Å². The van der Waals surface area contributed by atoms with Crippen LogP contribution in [0.3, 0.4) is 0 Å². The molecule has 0 bridgehead atoms. The molecule has 3 aromatic carbocycles. The standard InChI is InChI=1S/C32H36Cl2N2O3/c1-22-16-17-23(2)30(18-22)39-21-31(37)36(20-26-27(33)14-9-15-28(26)34)29(19-24-10-5-3-6-11-24)32(38)35-25-12-7-4-8-13-25/h3,5-6,9-11,14-18,25,29H,4,7-8,12-13,19-21H2,1-2H3,(H,35,38)/t29-/m0/s1. The van der Waals surface area contributed by atoms with Gasteiger partial charge in [-0.05, 0) is 61.6 Å². The lowest BCUT2D eigenvalue weighted by molar-refractivity contribution is -0.143. The van der Waals surface area contributed by atoms with Crippen molar-refractivity contribution in [3.63, 3.8) is 0 Å². The van der Waals surface area contributed by atoms with Gasteiger partial charge in [-0.3, -0.25) is 9.59 Å². The predicted octanol–water partition coefficient (Wildman–Crippen LogP) is 7.08. The van der Waals surface area contributed by atoms with Crippen LogP contribution in [-0.4, -0.2) is 35.4 Å². The highest BCUT2D eigenvalue weighted by molar-refractivity contribution is 6.36. The van der Waals surface area contributed by atoms with Crippen LogP contribution < -0.4 is 10.1 Å². The van der Waals surface area contributed by atoms with Crippen LogP contribution in [0.25, 0.3) is 0 Å². The zero-order chi connectivity index (χ0) is 27.8. The fourth-order valence-electron chi connectivity index (χ4n) is 5.04. The second-order valence-corrected chi connectivity index (χ2v) is 11.1. The van der Waals surface area contributed by atoms with E-state index in [2.05, 4.69) is 5.32 Å². The first-order valence-corrected chi connectivity index (χ1v) is 14.3. The van der Waals surface area contributed by atoms with Gasteiger partial charge in [0.25, 0.3) is 5.91 Å². The van der Waals surface area contributed by atoms with Gasteiger partial charge >= 0.3 is 0 Å². The number of ether oxygens (including phenoxy) is 1. The molecule has 0 aliphatic heterocycles. The molecule has 0 spiro atoms. The fourth-order valence-corrected chi connectivity index (χ4v) is 5.55. The van der Waals surface area contributed by atoms with Crippen molar-refractivity contribution in [2.45, 2.75) is 71.0 Å². The molecule has 4 rings (SSSR count). The molecule has 5 nitrogen and oxygen atoms in total. The van der Waals surface area contributed by atoms with Gasteiger partial charge < -0.3 is 15.0 Å². The Labute approximate surface area is 241 Å². The second kappa shape index (κ2) is 13.9. The lowest BCUT2D eigenvalue weighted by Gasteiger charge is -2.33. The van der Waals surface area contributed by atoms with Crippen LogP contribution >= 0.6 is 23.2 Å². The van der Waals surface area contributed by atoms with E-state index in [1.54, 1.807) is 23.1 Å². The Morgan fingerprint density at radius 3 is 2.33 bits per heavy atom. The summed E-state index contributed by atoms with van der Waals surface area (Å²) in [7, 11) is 0. The summed E-state index contributed by atoms with van der Waals surface area (Å²) in [5, 5.41) is 4.13. The molecule has 3 aromatic rings. The summed E-state index contributed by atoms with van der Waals surface area (Å²) in [5.41, 5.74) is 3.53. The number of hydrogen-bond acceptors (Lipinski definition) is 3. The number of benzene rings is 3. The Morgan fingerprint density at radius 1 is 0.949 bits per heavy atom. The van der Waals surface area contributed by atoms with Crippen molar-refractivity contribution in [3.8, 4) is 5.75 Å². The molecule has 0 aromatic heterocycles. The quantitative estimate of drug-likeness (QED) is 0.285. The van der Waals surface area contributed by atoms with Gasteiger partial charge in [-0.1, -0.05) is 91.0 Å². The van der Waals surface area contributed by atoms with Gasteiger partial charge in [0, 0.05) is 34.6 Å². The van der Waals surface area contributed by atoms with E-state index in [0.717, 1.165) is 42.4 Å². The number of halogens is 2. The van der Waals surface area contributed by atoms with Crippen molar-refractivity contribution < 1.29 is 14.3 Å². The first-order chi connectivity index (χ1) is 18.8. The monoisotopic (exact) mass is 566 g/mol. The first-order valence-electron chi connectivity index (χ1n) is 13.6. The van der Waals surface area contributed by atoms with E-state index in [9.17, 15) is 9.59 Å². The molecule has 0 radical (unpaired) electrons. The lowest BCUT2D eigenvalue weighted by Crippen LogP contribution is -2.53. The number of carbonyl (C=O) groups is 2. The zero-order valence-electron chi connectivity index (χ0n) is 22.6. The van der Waals surface area contributed by atoms with E-state index in [1.165, 1.54) is 6.42 Å². The third-order valence-corrected chi connectivity index (χ3v) is 8.02. The van der Waals surface area contributed by atoms with Crippen molar-refractivity contribution in [2.24, 2.45) is 0 Å². The molecule has 1 saturated carbocycles. The number of nitrogens with one attached hydrogen (secondary N) is 1. The third kappa shape index (κ3) is 8.00. The van der Waals surface area contributed by atoms with Crippen LogP contribution in [0, 0.1) is 13.8 Å². The smallest absolute Gasteiger partial charge is 0.261 e. The molecule has 1 fully saturated rings. The SMILES string of the molecule is Cc1ccc(C)c(OCC(=O)N(Cc2c(Cl)cccc2Cl)[C@@H](Cc2ccccc2)C(=O)NC2CCCCC2)c1. The maximum atomic E-state index is 13.9. The minimum absolute atomic E-state index is 0.0864. The molecular weight excluding hydrogens is 531 g/mol. The summed E-state index contributed by atoms with van der Waals surface area (Å²) in [5.74, 6) is 0.158. The predicted molar refractivity (Wildman–Crippen MR) is 157 cm³/mol. The molecule has 1 aliphatic carbocycles. The molecule has 1 aliphatic rings. The molecule has 0 heterocycles. The molecule has 1 atom stereocenters. The second-order valence-electron chi connectivity index (χ2n) is 10.3. The molecule has 0 saturated heterocycles. The number of aryl methyl sites for hydroxylation is 2. The highest BCUT2D eigenvalue weighted by Gasteiger charge is 2.33. The third-order valence-electron chi connectivity index (χ3n) is 7.31. The number of carbonyl (C=O) groups excluding carboxylic acids is 2. The fraction of sp³-hybridized carbons (Fsp3) is 0.375. The van der Waals surface area contributed by atoms with E-state index >= 15 is 0 Å². The number of nitrogens with zero attached hydrogens (tertiary/aromatic N) is 1. The average molecular weight is 568 g/mol. The zero-order valence-corrected chi connectivity index (χ0v) is 24.1. The van der Waals surface area contributed by atoms with Gasteiger partial charge in [0.1, 0.15) is 11.8 Å². The summed E-state index contributed by atoms with van der Waals surface area (Å²) in [6.45, 7) is 3.79. The van der Waals surface area contributed by atoms with Gasteiger partial charge in [0.05, 0.1) is 0 Å². The van der Waals surface area contributed by atoms with Gasteiger partial charge in [-0.15, -0.1) is 0 Å². The van der Waals surface area contributed by atoms with Crippen LogP contribution in [0.15, 0.2) is 66.7 Å².